The number of hydrogen-bond donors (Lipinski definition) is 2. The average Bonchev–Trinajstić information content (AvgIpc) is 3.21. The molecule has 0 radical (unpaired) electrons. The van der Waals surface area contributed by atoms with E-state index in [1.165, 1.54) is 5.56 Å². The number of para-hydroxylation sites is 1. The molecule has 2 saturated heterocycles. The molecule has 168 valence electrons. The summed E-state index contributed by atoms with van der Waals surface area (Å²) in [5.41, 5.74) is 2.83. The third kappa shape index (κ3) is 5.10. The zero-order valence-electron chi connectivity index (χ0n) is 18.4. The summed E-state index contributed by atoms with van der Waals surface area (Å²) in [6, 6.07) is 17.1. The van der Waals surface area contributed by atoms with Crippen LogP contribution in [0.2, 0.25) is 0 Å². The Balaban J connectivity index is 1.26. The van der Waals surface area contributed by atoms with Crippen LogP contribution in [0.4, 0.5) is 16.2 Å². The standard InChI is InChI=1S/C25H30N4O3/c1-2-18-8-10-22(11-9-18)29-17-19(16-23(29)30)24(31)28-14-12-21(13-15-28)27-25(32)26-20-6-4-3-5-7-20/h3-11,19,21H,2,12-17H2,1H3,(H2,26,27,32). The Kier molecular flexibility index (Phi) is 6.73. The predicted octanol–water partition coefficient (Wildman–Crippen LogP) is 3.41. The number of carbonyl (C=O) groups is 3. The summed E-state index contributed by atoms with van der Waals surface area (Å²) in [4.78, 5) is 41.4. The molecule has 2 heterocycles. The molecule has 7 nitrogen and oxygen atoms in total. The zero-order chi connectivity index (χ0) is 22.5. The van der Waals surface area contributed by atoms with Crippen LogP contribution in [-0.4, -0.2) is 48.4 Å². The molecule has 2 N–H and O–H groups in total. The van der Waals surface area contributed by atoms with Crippen LogP contribution in [0.3, 0.4) is 0 Å². The van der Waals surface area contributed by atoms with Gasteiger partial charge in [-0.25, -0.2) is 4.79 Å². The van der Waals surface area contributed by atoms with E-state index in [1.54, 1.807) is 4.90 Å². The van der Waals surface area contributed by atoms with Crippen LogP contribution >= 0.6 is 0 Å². The van der Waals surface area contributed by atoms with E-state index in [4.69, 9.17) is 0 Å². The summed E-state index contributed by atoms with van der Waals surface area (Å²) in [6.07, 6.45) is 2.62. The predicted molar refractivity (Wildman–Crippen MR) is 124 cm³/mol. The minimum absolute atomic E-state index is 0.00161. The van der Waals surface area contributed by atoms with Gasteiger partial charge < -0.3 is 20.4 Å². The number of urea groups is 1. The van der Waals surface area contributed by atoms with E-state index in [-0.39, 0.29) is 36.2 Å². The largest absolute Gasteiger partial charge is 0.342 e. The third-order valence-electron chi connectivity index (χ3n) is 6.30. The van der Waals surface area contributed by atoms with E-state index in [9.17, 15) is 14.4 Å². The summed E-state index contributed by atoms with van der Waals surface area (Å²) in [5, 5.41) is 5.82. The number of aryl methyl sites for hydroxylation is 1. The summed E-state index contributed by atoms with van der Waals surface area (Å²) in [5.74, 6) is -0.265. The van der Waals surface area contributed by atoms with Gasteiger partial charge in [0.2, 0.25) is 11.8 Å². The van der Waals surface area contributed by atoms with Gasteiger partial charge in [-0.1, -0.05) is 37.3 Å². The Morgan fingerprint density at radius 1 is 1.00 bits per heavy atom. The summed E-state index contributed by atoms with van der Waals surface area (Å²) >= 11 is 0. The van der Waals surface area contributed by atoms with E-state index in [0.29, 0.717) is 32.5 Å². The Morgan fingerprint density at radius 3 is 2.34 bits per heavy atom. The molecule has 0 bridgehead atoms. The minimum Gasteiger partial charge on any atom is -0.342 e. The minimum atomic E-state index is -0.306. The Hall–Kier alpha value is -3.35. The molecule has 0 spiro atoms. The molecule has 7 heteroatoms. The van der Waals surface area contributed by atoms with Crippen molar-refractivity contribution in [3.05, 3.63) is 60.2 Å². The normalized spacial score (nSPS) is 19.2. The molecule has 0 aliphatic carbocycles. The number of hydrogen-bond acceptors (Lipinski definition) is 3. The van der Waals surface area contributed by atoms with Gasteiger partial charge in [0.25, 0.3) is 0 Å². The van der Waals surface area contributed by atoms with Gasteiger partial charge in [0.1, 0.15) is 0 Å². The quantitative estimate of drug-likeness (QED) is 0.757. The van der Waals surface area contributed by atoms with Gasteiger partial charge in [-0.2, -0.15) is 0 Å². The smallest absolute Gasteiger partial charge is 0.319 e. The first-order valence-corrected chi connectivity index (χ1v) is 11.3. The van der Waals surface area contributed by atoms with Crippen molar-refractivity contribution in [1.82, 2.24) is 10.2 Å². The Bertz CT molecular complexity index is 953. The van der Waals surface area contributed by atoms with E-state index >= 15 is 0 Å². The maximum absolute atomic E-state index is 13.0. The van der Waals surface area contributed by atoms with Crippen LogP contribution in [0.15, 0.2) is 54.6 Å². The van der Waals surface area contributed by atoms with Gasteiger partial charge in [-0.3, -0.25) is 9.59 Å². The van der Waals surface area contributed by atoms with Gasteiger partial charge in [-0.05, 0) is 49.1 Å². The lowest BCUT2D eigenvalue weighted by Crippen LogP contribution is -2.49. The van der Waals surface area contributed by atoms with Crippen LogP contribution < -0.4 is 15.5 Å². The number of anilines is 2. The first kappa shape index (κ1) is 21.9. The van der Waals surface area contributed by atoms with Gasteiger partial charge in [-0.15, -0.1) is 0 Å². The van der Waals surface area contributed by atoms with Crippen molar-refractivity contribution in [1.29, 1.82) is 0 Å². The fourth-order valence-corrected chi connectivity index (χ4v) is 4.41. The van der Waals surface area contributed by atoms with E-state index in [2.05, 4.69) is 17.6 Å². The molecule has 0 saturated carbocycles. The molecule has 2 aliphatic rings. The molecule has 2 aliphatic heterocycles. The van der Waals surface area contributed by atoms with E-state index in [0.717, 1.165) is 17.8 Å². The highest BCUT2D eigenvalue weighted by molar-refractivity contribution is 6.00. The molecule has 2 aromatic rings. The molecule has 2 fully saturated rings. The number of amides is 4. The Labute approximate surface area is 188 Å². The van der Waals surface area contributed by atoms with Crippen LogP contribution in [-0.2, 0) is 16.0 Å². The SMILES string of the molecule is CCc1ccc(N2CC(C(=O)N3CCC(NC(=O)Nc4ccccc4)CC3)CC2=O)cc1. The van der Waals surface area contributed by atoms with Crippen molar-refractivity contribution in [3.63, 3.8) is 0 Å². The van der Waals surface area contributed by atoms with E-state index < -0.39 is 0 Å². The lowest BCUT2D eigenvalue weighted by molar-refractivity contribution is -0.136. The van der Waals surface area contributed by atoms with Crippen LogP contribution in [0.5, 0.6) is 0 Å². The van der Waals surface area contributed by atoms with Crippen molar-refractivity contribution in [2.75, 3.05) is 29.9 Å². The van der Waals surface area contributed by atoms with Crippen molar-refractivity contribution in [2.45, 2.75) is 38.6 Å². The fourth-order valence-electron chi connectivity index (χ4n) is 4.41. The molecule has 1 unspecified atom stereocenters. The first-order chi connectivity index (χ1) is 15.5. The molecular formula is C25H30N4O3. The third-order valence-corrected chi connectivity index (χ3v) is 6.30. The second-order valence-electron chi connectivity index (χ2n) is 8.49. The number of benzene rings is 2. The van der Waals surface area contributed by atoms with Crippen LogP contribution in [0, 0.1) is 5.92 Å². The monoisotopic (exact) mass is 434 g/mol. The van der Waals surface area contributed by atoms with Crippen molar-refractivity contribution >= 4 is 29.2 Å². The highest BCUT2D eigenvalue weighted by Gasteiger charge is 2.38. The molecule has 1 atom stereocenters. The molecule has 0 aromatic heterocycles. The maximum Gasteiger partial charge on any atom is 0.319 e. The molecule has 32 heavy (non-hydrogen) atoms. The summed E-state index contributed by atoms with van der Waals surface area (Å²) in [6.45, 7) is 3.70. The van der Waals surface area contributed by atoms with Gasteiger partial charge in [0, 0.05) is 43.5 Å². The van der Waals surface area contributed by atoms with Gasteiger partial charge >= 0.3 is 6.03 Å². The lowest BCUT2D eigenvalue weighted by atomic mass is 10.0. The Morgan fingerprint density at radius 2 is 1.69 bits per heavy atom. The maximum atomic E-state index is 13.0. The van der Waals surface area contributed by atoms with Crippen molar-refractivity contribution in [3.8, 4) is 0 Å². The number of likely N-dealkylation sites (tertiary alicyclic amines) is 1. The highest BCUT2D eigenvalue weighted by atomic mass is 16.2. The topological polar surface area (TPSA) is 81.8 Å². The van der Waals surface area contributed by atoms with Crippen LogP contribution in [0.1, 0.15) is 31.7 Å². The highest BCUT2D eigenvalue weighted by Crippen LogP contribution is 2.27. The second kappa shape index (κ2) is 9.85. The first-order valence-electron chi connectivity index (χ1n) is 11.3. The van der Waals surface area contributed by atoms with Crippen molar-refractivity contribution in [2.24, 2.45) is 5.92 Å². The van der Waals surface area contributed by atoms with Crippen LogP contribution in [0.25, 0.3) is 0 Å². The number of rotatable bonds is 5. The summed E-state index contributed by atoms with van der Waals surface area (Å²) < 4.78 is 0. The number of nitrogens with zero attached hydrogens (tertiary/aromatic N) is 2. The van der Waals surface area contributed by atoms with Gasteiger partial charge in [0.15, 0.2) is 0 Å². The molecule has 4 rings (SSSR count). The average molecular weight is 435 g/mol. The van der Waals surface area contributed by atoms with E-state index in [1.807, 2.05) is 59.5 Å². The zero-order valence-corrected chi connectivity index (χ0v) is 18.4. The fraction of sp³-hybridized carbons (Fsp3) is 0.400. The summed E-state index contributed by atoms with van der Waals surface area (Å²) in [7, 11) is 0. The lowest BCUT2D eigenvalue weighted by Gasteiger charge is -2.33. The van der Waals surface area contributed by atoms with Gasteiger partial charge in [0.05, 0.1) is 5.92 Å². The number of carbonyl (C=O) groups excluding carboxylic acids is 3. The molecule has 4 amide bonds. The molecular weight excluding hydrogens is 404 g/mol. The number of nitrogens with one attached hydrogen (secondary N) is 2. The van der Waals surface area contributed by atoms with Crippen molar-refractivity contribution < 1.29 is 14.4 Å². The second-order valence-corrected chi connectivity index (χ2v) is 8.49. The number of piperidine rings is 1. The molecule has 2 aromatic carbocycles.